The Morgan fingerprint density at radius 3 is 2.15 bits per heavy atom. The number of hydrogen-bond acceptors (Lipinski definition) is 6. The summed E-state index contributed by atoms with van der Waals surface area (Å²) in [4.78, 5) is 27.1. The molecule has 206 valence electrons. The van der Waals surface area contributed by atoms with Crippen LogP contribution in [0.3, 0.4) is 0 Å². The Morgan fingerprint density at radius 2 is 1.55 bits per heavy atom. The second-order valence-corrected chi connectivity index (χ2v) is 10.3. The number of benzene rings is 3. The molecule has 1 fully saturated rings. The lowest BCUT2D eigenvalue weighted by Crippen LogP contribution is -2.37. The molecule has 1 saturated carbocycles. The summed E-state index contributed by atoms with van der Waals surface area (Å²) < 4.78 is 16.8. The summed E-state index contributed by atoms with van der Waals surface area (Å²) in [6.07, 6.45) is 1.03. The van der Waals surface area contributed by atoms with E-state index in [1.807, 2.05) is 92.7 Å². The molecule has 0 spiro atoms. The molecule has 4 aromatic rings. The number of amides is 1. The summed E-state index contributed by atoms with van der Waals surface area (Å²) in [5.41, 5.74) is 5.11. The van der Waals surface area contributed by atoms with E-state index in [9.17, 15) is 9.59 Å². The lowest BCUT2D eigenvalue weighted by atomic mass is 9.93. The first-order valence-corrected chi connectivity index (χ1v) is 13.6. The van der Waals surface area contributed by atoms with E-state index in [1.54, 1.807) is 18.9 Å². The number of aromatic nitrogens is 1. The number of nitrogens with zero attached hydrogens (tertiary/aromatic N) is 2. The van der Waals surface area contributed by atoms with Gasteiger partial charge in [-0.25, -0.2) is 0 Å². The van der Waals surface area contributed by atoms with E-state index in [0.29, 0.717) is 24.7 Å². The van der Waals surface area contributed by atoms with Gasteiger partial charge < -0.3 is 18.9 Å². The van der Waals surface area contributed by atoms with Crippen LogP contribution in [0.15, 0.2) is 83.4 Å². The summed E-state index contributed by atoms with van der Waals surface area (Å²) >= 11 is 0. The van der Waals surface area contributed by atoms with Crippen molar-refractivity contribution in [2.45, 2.75) is 51.7 Å². The molecule has 5 rings (SSSR count). The smallest absolute Gasteiger partial charge is 0.316 e. The minimum Gasteiger partial charge on any atom is -0.481 e. The first-order chi connectivity index (χ1) is 19.3. The fourth-order valence-electron chi connectivity index (χ4n) is 4.98. The predicted molar refractivity (Wildman–Crippen MR) is 153 cm³/mol. The van der Waals surface area contributed by atoms with Gasteiger partial charge in [0.1, 0.15) is 5.75 Å². The van der Waals surface area contributed by atoms with Gasteiger partial charge in [0.25, 0.3) is 5.91 Å². The maximum Gasteiger partial charge on any atom is 0.316 e. The number of rotatable bonds is 10. The van der Waals surface area contributed by atoms with Crippen LogP contribution in [0.5, 0.6) is 5.75 Å². The molecule has 0 radical (unpaired) electrons. The van der Waals surface area contributed by atoms with Crippen LogP contribution in [0, 0.1) is 6.92 Å². The third-order valence-electron chi connectivity index (χ3n) is 7.49. The number of hydrogen-bond donors (Lipinski definition) is 0. The third-order valence-corrected chi connectivity index (χ3v) is 7.49. The Morgan fingerprint density at radius 1 is 0.950 bits per heavy atom. The van der Waals surface area contributed by atoms with Crippen LogP contribution in [0.2, 0.25) is 0 Å². The van der Waals surface area contributed by atoms with Crippen molar-refractivity contribution >= 4 is 11.9 Å². The quantitative estimate of drug-likeness (QED) is 0.219. The Bertz CT molecular complexity index is 1470. The van der Waals surface area contributed by atoms with Crippen molar-refractivity contribution in [3.63, 3.8) is 0 Å². The molecule has 7 heteroatoms. The molecule has 0 saturated heterocycles. The molecule has 1 aliphatic carbocycles. The zero-order valence-electron chi connectivity index (χ0n) is 23.3. The molecule has 1 amide bonds. The summed E-state index contributed by atoms with van der Waals surface area (Å²) in [6.45, 7) is 6.21. The highest BCUT2D eigenvalue weighted by Gasteiger charge is 2.52. The second-order valence-electron chi connectivity index (χ2n) is 10.3. The van der Waals surface area contributed by atoms with Gasteiger partial charge in [0.05, 0.1) is 24.3 Å². The third kappa shape index (κ3) is 5.50. The average Bonchev–Trinajstić information content (AvgIpc) is 3.72. The van der Waals surface area contributed by atoms with Gasteiger partial charge in [-0.3, -0.25) is 9.59 Å². The number of para-hydroxylation sites is 1. The number of ether oxygens (including phenoxy) is 2. The number of carbonyl (C=O) groups excluding carboxylic acids is 2. The minimum atomic E-state index is -0.631. The van der Waals surface area contributed by atoms with Gasteiger partial charge in [0.15, 0.2) is 11.9 Å². The summed E-state index contributed by atoms with van der Waals surface area (Å²) in [5, 5.41) is 4.18. The number of likely N-dealkylation sites (N-methyl/N-ethyl adjacent to an activating group) is 1. The molecule has 0 N–H and O–H groups in total. The SMILES string of the molecule is CCOC(=O)C1(c2ccc(-c3ccc(-c4onc(C)c4CN(C)C(=O)C(C)Oc4ccccc4)cc3)cc2)CC1. The fourth-order valence-corrected chi connectivity index (χ4v) is 4.98. The molecule has 0 aliphatic heterocycles. The Hall–Kier alpha value is -4.39. The molecule has 7 nitrogen and oxygen atoms in total. The van der Waals surface area contributed by atoms with Crippen molar-refractivity contribution in [1.82, 2.24) is 10.1 Å². The van der Waals surface area contributed by atoms with E-state index in [1.165, 1.54) is 0 Å². The van der Waals surface area contributed by atoms with E-state index < -0.39 is 11.5 Å². The largest absolute Gasteiger partial charge is 0.481 e. The van der Waals surface area contributed by atoms with Crippen molar-refractivity contribution in [3.8, 4) is 28.2 Å². The Balaban J connectivity index is 1.28. The van der Waals surface area contributed by atoms with Crippen LogP contribution in [-0.4, -0.2) is 41.7 Å². The molecule has 40 heavy (non-hydrogen) atoms. The first-order valence-electron chi connectivity index (χ1n) is 13.6. The van der Waals surface area contributed by atoms with Crippen molar-refractivity contribution in [1.29, 1.82) is 0 Å². The zero-order valence-corrected chi connectivity index (χ0v) is 23.3. The number of aryl methyl sites for hydroxylation is 1. The van der Waals surface area contributed by atoms with Crippen LogP contribution in [0.1, 0.15) is 43.5 Å². The van der Waals surface area contributed by atoms with Crippen LogP contribution in [-0.2, 0) is 26.3 Å². The highest BCUT2D eigenvalue weighted by Crippen LogP contribution is 2.49. The molecule has 0 bridgehead atoms. The van der Waals surface area contributed by atoms with Crippen molar-refractivity contribution in [2.75, 3.05) is 13.7 Å². The Labute approximate surface area is 234 Å². The molecule has 1 aliphatic rings. The molecular formula is C33H34N2O5. The normalized spacial score (nSPS) is 14.3. The van der Waals surface area contributed by atoms with Gasteiger partial charge >= 0.3 is 5.97 Å². The molecule has 1 heterocycles. The van der Waals surface area contributed by atoms with E-state index in [-0.39, 0.29) is 11.9 Å². The van der Waals surface area contributed by atoms with Gasteiger partial charge in [-0.05, 0) is 62.4 Å². The van der Waals surface area contributed by atoms with Gasteiger partial charge in [0, 0.05) is 18.2 Å². The van der Waals surface area contributed by atoms with Crippen LogP contribution in [0.4, 0.5) is 0 Å². The molecule has 1 unspecified atom stereocenters. The number of esters is 1. The fraction of sp³-hybridized carbons (Fsp3) is 0.303. The molecule has 3 aromatic carbocycles. The molecule has 1 atom stereocenters. The predicted octanol–water partition coefficient (Wildman–Crippen LogP) is 6.34. The van der Waals surface area contributed by atoms with E-state index >= 15 is 0 Å². The van der Waals surface area contributed by atoms with Crippen LogP contribution in [0.25, 0.3) is 22.5 Å². The topological polar surface area (TPSA) is 81.9 Å². The zero-order chi connectivity index (χ0) is 28.3. The van der Waals surface area contributed by atoms with Crippen molar-refractivity contribution < 1.29 is 23.6 Å². The maximum absolute atomic E-state index is 13.0. The summed E-state index contributed by atoms with van der Waals surface area (Å²) in [6, 6.07) is 25.5. The standard InChI is InChI=1S/C33H34N2O5/c1-5-38-32(37)33(19-20-33)27-17-15-25(16-18-27)24-11-13-26(14-12-24)30-29(22(2)34-40-30)21-35(4)31(36)23(3)39-28-9-7-6-8-10-28/h6-18,23H,5,19-21H2,1-4H3. The summed E-state index contributed by atoms with van der Waals surface area (Å²) in [5.74, 6) is 1.03. The van der Waals surface area contributed by atoms with E-state index in [0.717, 1.165) is 46.4 Å². The minimum absolute atomic E-state index is 0.129. The van der Waals surface area contributed by atoms with Gasteiger partial charge in [-0.15, -0.1) is 0 Å². The molecule has 1 aromatic heterocycles. The Kier molecular flexibility index (Phi) is 7.74. The van der Waals surface area contributed by atoms with Crippen LogP contribution >= 0.6 is 0 Å². The monoisotopic (exact) mass is 538 g/mol. The highest BCUT2D eigenvalue weighted by molar-refractivity contribution is 5.87. The van der Waals surface area contributed by atoms with Gasteiger partial charge in [-0.1, -0.05) is 71.9 Å². The highest BCUT2D eigenvalue weighted by atomic mass is 16.5. The number of carbonyl (C=O) groups is 2. The first kappa shape index (κ1) is 27.2. The maximum atomic E-state index is 13.0. The second kappa shape index (κ2) is 11.4. The lowest BCUT2D eigenvalue weighted by molar-refractivity contribution is -0.146. The molecular weight excluding hydrogens is 504 g/mol. The lowest BCUT2D eigenvalue weighted by Gasteiger charge is -2.22. The van der Waals surface area contributed by atoms with Gasteiger partial charge in [0.2, 0.25) is 0 Å². The van der Waals surface area contributed by atoms with Crippen LogP contribution < -0.4 is 4.74 Å². The van der Waals surface area contributed by atoms with Crippen molar-refractivity contribution in [2.24, 2.45) is 0 Å². The van der Waals surface area contributed by atoms with E-state index in [4.69, 9.17) is 14.0 Å². The van der Waals surface area contributed by atoms with E-state index in [2.05, 4.69) is 5.16 Å². The average molecular weight is 539 g/mol. The summed E-state index contributed by atoms with van der Waals surface area (Å²) in [7, 11) is 1.75. The van der Waals surface area contributed by atoms with Gasteiger partial charge in [-0.2, -0.15) is 0 Å². The van der Waals surface area contributed by atoms with Crippen molar-refractivity contribution in [3.05, 3.63) is 95.7 Å².